The van der Waals surface area contributed by atoms with Gasteiger partial charge in [0.15, 0.2) is 16.9 Å². The molecule has 0 saturated heterocycles. The normalized spacial score (nSPS) is 13.0. The van der Waals surface area contributed by atoms with Gasteiger partial charge in [0, 0.05) is 36.1 Å². The Morgan fingerprint density at radius 2 is 1.71 bits per heavy atom. The molecule has 1 aliphatic heterocycles. The summed E-state index contributed by atoms with van der Waals surface area (Å²) in [5.74, 6) is -0.172. The second kappa shape index (κ2) is 9.42. The van der Waals surface area contributed by atoms with Crippen LogP contribution < -0.4 is 20.2 Å². The van der Waals surface area contributed by atoms with Gasteiger partial charge in [0.25, 0.3) is 0 Å². The predicted octanol–water partition coefficient (Wildman–Crippen LogP) is 3.81. The maximum absolute atomic E-state index is 13.3. The van der Waals surface area contributed by atoms with E-state index in [-0.39, 0.29) is 41.6 Å². The van der Waals surface area contributed by atoms with E-state index in [1.807, 2.05) is 0 Å². The number of carbonyl (C=O) groups excluding carboxylic acids is 1. The second-order valence-corrected chi connectivity index (χ2v) is 8.30. The number of benzene rings is 3. The Bertz CT molecular complexity index is 1440. The molecule has 0 fully saturated rings. The molecule has 35 heavy (non-hydrogen) atoms. The lowest BCUT2D eigenvalue weighted by atomic mass is 9.87. The third kappa shape index (κ3) is 4.63. The predicted molar refractivity (Wildman–Crippen MR) is 128 cm³/mol. The summed E-state index contributed by atoms with van der Waals surface area (Å²) >= 11 is 0. The lowest BCUT2D eigenvalue weighted by Gasteiger charge is -2.19. The number of ether oxygens (including phenoxy) is 2. The molecule has 0 bridgehead atoms. The standard InChI is InChI=1S/C27H23NO7/c29-17-7-5-16(6-8-17)9-10-28-26(31)12-19(20-11-24-25(13-22(20)30)35-15-34-24)21-14-33-23-4-2-1-3-18(23)27(21)32/h1-8,11,13-14,19,29-30H,9-10,12,15H2,(H,28,31)/t19-/m1/s1. The first-order valence-electron chi connectivity index (χ1n) is 11.2. The molecule has 1 aromatic heterocycles. The first-order chi connectivity index (χ1) is 17.0. The van der Waals surface area contributed by atoms with Crippen LogP contribution in [0.15, 0.2) is 76.1 Å². The molecule has 1 aliphatic rings. The largest absolute Gasteiger partial charge is 0.508 e. The molecule has 1 atom stereocenters. The van der Waals surface area contributed by atoms with E-state index in [2.05, 4.69) is 5.32 Å². The van der Waals surface area contributed by atoms with Crippen molar-refractivity contribution in [3.63, 3.8) is 0 Å². The monoisotopic (exact) mass is 473 g/mol. The van der Waals surface area contributed by atoms with E-state index in [0.29, 0.717) is 41.0 Å². The van der Waals surface area contributed by atoms with Gasteiger partial charge in [0.2, 0.25) is 12.7 Å². The van der Waals surface area contributed by atoms with Gasteiger partial charge in [0.05, 0.1) is 11.6 Å². The van der Waals surface area contributed by atoms with Crippen LogP contribution in [0.5, 0.6) is 23.0 Å². The third-order valence-corrected chi connectivity index (χ3v) is 6.04. The van der Waals surface area contributed by atoms with Gasteiger partial charge in [-0.2, -0.15) is 0 Å². The lowest BCUT2D eigenvalue weighted by Crippen LogP contribution is -2.28. The van der Waals surface area contributed by atoms with Gasteiger partial charge in [-0.25, -0.2) is 0 Å². The molecule has 0 spiro atoms. The van der Waals surface area contributed by atoms with Crippen molar-refractivity contribution in [2.24, 2.45) is 0 Å². The van der Waals surface area contributed by atoms with Crippen LogP contribution in [-0.4, -0.2) is 29.5 Å². The van der Waals surface area contributed by atoms with Crippen molar-refractivity contribution in [1.82, 2.24) is 5.32 Å². The smallest absolute Gasteiger partial charge is 0.231 e. The fourth-order valence-corrected chi connectivity index (χ4v) is 4.21. The van der Waals surface area contributed by atoms with Crippen molar-refractivity contribution < 1.29 is 28.9 Å². The van der Waals surface area contributed by atoms with Gasteiger partial charge in [-0.1, -0.05) is 24.3 Å². The number of para-hydroxylation sites is 1. The zero-order chi connectivity index (χ0) is 24.4. The van der Waals surface area contributed by atoms with Crippen molar-refractivity contribution in [2.45, 2.75) is 18.8 Å². The number of phenols is 2. The van der Waals surface area contributed by atoms with Crippen LogP contribution in [0.2, 0.25) is 0 Å². The van der Waals surface area contributed by atoms with Crippen molar-refractivity contribution in [2.75, 3.05) is 13.3 Å². The minimum atomic E-state index is -0.779. The van der Waals surface area contributed by atoms with Gasteiger partial charge < -0.3 is 29.4 Å². The molecule has 8 heteroatoms. The number of fused-ring (bicyclic) bond motifs is 2. The molecule has 2 heterocycles. The van der Waals surface area contributed by atoms with Crippen molar-refractivity contribution in [3.8, 4) is 23.0 Å². The zero-order valence-electron chi connectivity index (χ0n) is 18.7. The topological polar surface area (TPSA) is 118 Å². The van der Waals surface area contributed by atoms with E-state index in [0.717, 1.165) is 5.56 Å². The third-order valence-electron chi connectivity index (χ3n) is 6.04. The molecule has 4 aromatic rings. The SMILES string of the molecule is O=C(C[C@H](c1cc2c(cc1O)OCO2)c1coc2ccccc2c1=O)NCCc1ccc(O)cc1. The van der Waals surface area contributed by atoms with E-state index in [1.54, 1.807) is 54.6 Å². The van der Waals surface area contributed by atoms with E-state index >= 15 is 0 Å². The van der Waals surface area contributed by atoms with Gasteiger partial charge in [-0.15, -0.1) is 0 Å². The molecular formula is C27H23NO7. The van der Waals surface area contributed by atoms with Crippen molar-refractivity contribution >= 4 is 16.9 Å². The van der Waals surface area contributed by atoms with E-state index < -0.39 is 5.92 Å². The number of aromatic hydroxyl groups is 2. The Balaban J connectivity index is 1.44. The minimum Gasteiger partial charge on any atom is -0.508 e. The van der Waals surface area contributed by atoms with Crippen LogP contribution in [0, 0.1) is 0 Å². The van der Waals surface area contributed by atoms with E-state index in [4.69, 9.17) is 13.9 Å². The number of hydrogen-bond acceptors (Lipinski definition) is 7. The quantitative estimate of drug-likeness (QED) is 0.373. The van der Waals surface area contributed by atoms with Gasteiger partial charge in [0.1, 0.15) is 17.1 Å². The first kappa shape index (κ1) is 22.3. The van der Waals surface area contributed by atoms with Crippen LogP contribution >= 0.6 is 0 Å². The molecule has 3 N–H and O–H groups in total. The van der Waals surface area contributed by atoms with Crippen molar-refractivity contribution in [3.05, 3.63) is 93.8 Å². The van der Waals surface area contributed by atoms with Crippen LogP contribution in [-0.2, 0) is 11.2 Å². The zero-order valence-corrected chi connectivity index (χ0v) is 18.7. The maximum atomic E-state index is 13.3. The van der Waals surface area contributed by atoms with E-state index in [1.165, 1.54) is 12.3 Å². The minimum absolute atomic E-state index is 0.0265. The highest BCUT2D eigenvalue weighted by atomic mass is 16.7. The summed E-state index contributed by atoms with van der Waals surface area (Å²) in [4.78, 5) is 26.3. The Labute approximate surface area is 200 Å². The van der Waals surface area contributed by atoms with Crippen LogP contribution in [0.25, 0.3) is 11.0 Å². The molecule has 0 saturated carbocycles. The summed E-state index contributed by atoms with van der Waals surface area (Å²) in [5, 5.41) is 23.4. The molecule has 3 aromatic carbocycles. The molecule has 0 aliphatic carbocycles. The summed E-state index contributed by atoms with van der Waals surface area (Å²) < 4.78 is 16.5. The highest BCUT2D eigenvalue weighted by Gasteiger charge is 2.28. The number of rotatable bonds is 7. The molecule has 0 radical (unpaired) electrons. The molecule has 1 amide bonds. The number of nitrogens with one attached hydrogen (secondary N) is 1. The summed E-state index contributed by atoms with van der Waals surface area (Å²) in [5.41, 5.74) is 1.75. The number of hydrogen-bond donors (Lipinski definition) is 3. The Kier molecular flexibility index (Phi) is 6.01. The summed E-state index contributed by atoms with van der Waals surface area (Å²) in [6.45, 7) is 0.397. The average Bonchev–Trinajstić information content (AvgIpc) is 3.31. The molecule has 178 valence electrons. The van der Waals surface area contributed by atoms with Gasteiger partial charge in [-0.05, 0) is 42.3 Å². The summed E-state index contributed by atoms with van der Waals surface area (Å²) in [6, 6.07) is 16.7. The van der Waals surface area contributed by atoms with Crippen LogP contribution in [0.3, 0.4) is 0 Å². The molecule has 0 unspecified atom stereocenters. The number of amides is 1. The Morgan fingerprint density at radius 1 is 0.971 bits per heavy atom. The summed E-state index contributed by atoms with van der Waals surface area (Å²) in [7, 11) is 0. The first-order valence-corrected chi connectivity index (χ1v) is 11.2. The lowest BCUT2D eigenvalue weighted by molar-refractivity contribution is -0.121. The van der Waals surface area contributed by atoms with Crippen LogP contribution in [0.1, 0.15) is 29.0 Å². The Morgan fingerprint density at radius 3 is 2.51 bits per heavy atom. The highest BCUT2D eigenvalue weighted by Crippen LogP contribution is 2.42. The Hall–Kier alpha value is -4.46. The highest BCUT2D eigenvalue weighted by molar-refractivity contribution is 5.80. The molecular weight excluding hydrogens is 450 g/mol. The molecule has 8 nitrogen and oxygen atoms in total. The van der Waals surface area contributed by atoms with Crippen LogP contribution in [0.4, 0.5) is 0 Å². The van der Waals surface area contributed by atoms with Gasteiger partial charge in [-0.3, -0.25) is 9.59 Å². The second-order valence-electron chi connectivity index (χ2n) is 8.30. The molecule has 5 rings (SSSR count). The van der Waals surface area contributed by atoms with Crippen molar-refractivity contribution in [1.29, 1.82) is 0 Å². The maximum Gasteiger partial charge on any atom is 0.231 e. The number of carbonyl (C=O) groups is 1. The van der Waals surface area contributed by atoms with Gasteiger partial charge >= 0.3 is 0 Å². The average molecular weight is 473 g/mol. The summed E-state index contributed by atoms with van der Waals surface area (Å²) in [6.07, 6.45) is 1.83. The fraction of sp³-hybridized carbons (Fsp3) is 0.185. The van der Waals surface area contributed by atoms with E-state index in [9.17, 15) is 19.8 Å². The fourth-order valence-electron chi connectivity index (χ4n) is 4.21. The number of phenolic OH excluding ortho intramolecular Hbond substituents is 2.